The average molecular weight is 408 g/mol. The van der Waals surface area contributed by atoms with Crippen molar-refractivity contribution in [2.45, 2.75) is 32.0 Å². The first-order valence-electron chi connectivity index (χ1n) is 9.51. The van der Waals surface area contributed by atoms with Crippen molar-refractivity contribution in [2.75, 3.05) is 32.8 Å². The lowest BCUT2D eigenvalue weighted by Crippen LogP contribution is -2.40. The molecule has 2 aliphatic rings. The molecule has 9 heteroatoms. The number of aromatic nitrogens is 2. The molecule has 2 saturated heterocycles. The summed E-state index contributed by atoms with van der Waals surface area (Å²) in [4.78, 5) is 18.8. The number of morpholine rings is 1. The van der Waals surface area contributed by atoms with Crippen LogP contribution in [0.25, 0.3) is 11.4 Å². The minimum atomic E-state index is -0.105. The smallest absolute Gasteiger partial charge is 0.246 e. The Morgan fingerprint density at radius 2 is 2.04 bits per heavy atom. The Morgan fingerprint density at radius 1 is 1.25 bits per heavy atom. The molecule has 1 unspecified atom stereocenters. The van der Waals surface area contributed by atoms with Gasteiger partial charge in [0.1, 0.15) is 0 Å². The average Bonchev–Trinajstić information content (AvgIpc) is 3.40. The number of carbonyl (C=O) groups is 1. The maximum atomic E-state index is 12.0. The van der Waals surface area contributed by atoms with Gasteiger partial charge < -0.3 is 19.9 Å². The second-order valence-corrected chi connectivity index (χ2v) is 6.96. The summed E-state index contributed by atoms with van der Waals surface area (Å²) in [5.41, 5.74) is 2.15. The standard InChI is InChI=1S/C19H25N5O3.ClH/c25-19(16-2-1-7-20-16)21-12-17-22-18(23-27-17)15-5-3-14(4-6-15)13-24-8-10-26-11-9-24;/h3-6,16,20H,1-2,7-13H2,(H,21,25);1H. The van der Waals surface area contributed by atoms with Crippen molar-refractivity contribution in [1.29, 1.82) is 0 Å². The Balaban J connectivity index is 0.00000225. The third-order valence-corrected chi connectivity index (χ3v) is 4.98. The Labute approximate surface area is 170 Å². The minimum Gasteiger partial charge on any atom is -0.379 e. The topological polar surface area (TPSA) is 92.5 Å². The lowest BCUT2D eigenvalue weighted by atomic mass is 10.1. The van der Waals surface area contributed by atoms with E-state index in [9.17, 15) is 4.79 Å². The van der Waals surface area contributed by atoms with Crippen molar-refractivity contribution in [1.82, 2.24) is 25.7 Å². The fourth-order valence-corrected chi connectivity index (χ4v) is 3.41. The van der Waals surface area contributed by atoms with E-state index in [1.54, 1.807) is 0 Å². The monoisotopic (exact) mass is 407 g/mol. The van der Waals surface area contributed by atoms with Gasteiger partial charge in [-0.1, -0.05) is 29.4 Å². The number of nitrogens with zero attached hydrogens (tertiary/aromatic N) is 3. The molecule has 0 radical (unpaired) electrons. The lowest BCUT2D eigenvalue weighted by molar-refractivity contribution is -0.123. The zero-order valence-electron chi connectivity index (χ0n) is 15.7. The van der Waals surface area contributed by atoms with Gasteiger partial charge in [0.05, 0.1) is 25.8 Å². The molecule has 4 rings (SSSR count). The third kappa shape index (κ3) is 5.29. The van der Waals surface area contributed by atoms with Gasteiger partial charge in [-0.05, 0) is 24.9 Å². The number of benzene rings is 1. The van der Waals surface area contributed by atoms with Crippen LogP contribution in [0.3, 0.4) is 0 Å². The largest absolute Gasteiger partial charge is 0.379 e. The summed E-state index contributed by atoms with van der Waals surface area (Å²) < 4.78 is 10.6. The van der Waals surface area contributed by atoms with E-state index in [0.29, 0.717) is 11.7 Å². The zero-order chi connectivity index (χ0) is 18.5. The number of hydrogen-bond donors (Lipinski definition) is 2. The highest BCUT2D eigenvalue weighted by Gasteiger charge is 2.22. The molecule has 0 aliphatic carbocycles. The Bertz CT molecular complexity index is 755. The SMILES string of the molecule is Cl.O=C(NCc1nc(-c2ccc(CN3CCOCC3)cc2)no1)C1CCCN1. The van der Waals surface area contributed by atoms with Crippen LogP contribution in [0.1, 0.15) is 24.3 Å². The number of carbonyl (C=O) groups excluding carboxylic acids is 1. The third-order valence-electron chi connectivity index (χ3n) is 4.98. The predicted molar refractivity (Wildman–Crippen MR) is 106 cm³/mol. The van der Waals surface area contributed by atoms with Gasteiger partial charge in [-0.3, -0.25) is 9.69 Å². The summed E-state index contributed by atoms with van der Waals surface area (Å²) >= 11 is 0. The number of amides is 1. The number of ether oxygens (including phenoxy) is 1. The van der Waals surface area contributed by atoms with Crippen LogP contribution < -0.4 is 10.6 Å². The number of halogens is 1. The molecule has 0 bridgehead atoms. The fraction of sp³-hybridized carbons (Fsp3) is 0.526. The van der Waals surface area contributed by atoms with Crippen LogP contribution in [0.5, 0.6) is 0 Å². The van der Waals surface area contributed by atoms with Crippen LogP contribution in [0.15, 0.2) is 28.8 Å². The summed E-state index contributed by atoms with van der Waals surface area (Å²) in [5, 5.41) is 10.0. The van der Waals surface area contributed by atoms with E-state index in [1.165, 1.54) is 5.56 Å². The van der Waals surface area contributed by atoms with Crippen LogP contribution in [0.2, 0.25) is 0 Å². The minimum absolute atomic E-state index is 0. The second-order valence-electron chi connectivity index (χ2n) is 6.96. The van der Waals surface area contributed by atoms with Crippen molar-refractivity contribution in [3.63, 3.8) is 0 Å². The maximum Gasteiger partial charge on any atom is 0.246 e. The molecule has 8 nitrogen and oxygen atoms in total. The van der Waals surface area contributed by atoms with E-state index >= 15 is 0 Å². The lowest BCUT2D eigenvalue weighted by Gasteiger charge is -2.26. The highest BCUT2D eigenvalue weighted by Crippen LogP contribution is 2.18. The highest BCUT2D eigenvalue weighted by atomic mass is 35.5. The van der Waals surface area contributed by atoms with E-state index in [1.807, 2.05) is 12.1 Å². The van der Waals surface area contributed by atoms with Gasteiger partial charge in [0.15, 0.2) is 0 Å². The van der Waals surface area contributed by atoms with E-state index in [4.69, 9.17) is 9.26 Å². The molecule has 152 valence electrons. The summed E-state index contributed by atoms with van der Waals surface area (Å²) in [7, 11) is 0. The Hall–Kier alpha value is -2.00. The molecule has 1 aromatic carbocycles. The highest BCUT2D eigenvalue weighted by molar-refractivity contribution is 5.85. The Kier molecular flexibility index (Phi) is 7.38. The van der Waals surface area contributed by atoms with Crippen LogP contribution in [-0.2, 0) is 22.6 Å². The van der Waals surface area contributed by atoms with E-state index in [-0.39, 0.29) is 30.9 Å². The predicted octanol–water partition coefficient (Wildman–Crippen LogP) is 1.36. The van der Waals surface area contributed by atoms with Crippen molar-refractivity contribution in [3.8, 4) is 11.4 Å². The van der Waals surface area contributed by atoms with Gasteiger partial charge >= 0.3 is 0 Å². The van der Waals surface area contributed by atoms with E-state index in [0.717, 1.165) is 57.8 Å². The maximum absolute atomic E-state index is 12.0. The van der Waals surface area contributed by atoms with E-state index < -0.39 is 0 Å². The first-order valence-corrected chi connectivity index (χ1v) is 9.51. The van der Waals surface area contributed by atoms with Gasteiger partial charge in [0, 0.05) is 25.2 Å². The van der Waals surface area contributed by atoms with Crippen molar-refractivity contribution >= 4 is 18.3 Å². The number of nitrogens with one attached hydrogen (secondary N) is 2. The second kappa shape index (κ2) is 9.97. The normalized spacial score (nSPS) is 19.9. The molecule has 3 heterocycles. The Morgan fingerprint density at radius 3 is 2.75 bits per heavy atom. The molecule has 2 fully saturated rings. The van der Waals surface area contributed by atoms with Crippen LogP contribution in [0, 0.1) is 0 Å². The molecule has 2 N–H and O–H groups in total. The van der Waals surface area contributed by atoms with Crippen LogP contribution in [0.4, 0.5) is 0 Å². The first kappa shape index (κ1) is 20.7. The molecule has 2 aromatic rings. The fourth-order valence-electron chi connectivity index (χ4n) is 3.41. The molecule has 1 atom stereocenters. The first-order chi connectivity index (χ1) is 13.3. The van der Waals surface area contributed by atoms with Gasteiger partial charge in [-0.15, -0.1) is 12.4 Å². The quantitative estimate of drug-likeness (QED) is 0.746. The molecule has 0 saturated carbocycles. The summed E-state index contributed by atoms with van der Waals surface area (Å²) in [5.74, 6) is 0.935. The number of rotatable bonds is 6. The summed E-state index contributed by atoms with van der Waals surface area (Å²) in [6, 6.07) is 8.09. The molecule has 1 aromatic heterocycles. The summed E-state index contributed by atoms with van der Waals surface area (Å²) in [6.45, 7) is 5.61. The van der Waals surface area contributed by atoms with Gasteiger partial charge in [0.25, 0.3) is 0 Å². The van der Waals surface area contributed by atoms with Crippen LogP contribution >= 0.6 is 12.4 Å². The zero-order valence-corrected chi connectivity index (χ0v) is 16.5. The molecule has 0 spiro atoms. The molecule has 2 aliphatic heterocycles. The summed E-state index contributed by atoms with van der Waals surface area (Å²) in [6.07, 6.45) is 1.90. The molecule has 28 heavy (non-hydrogen) atoms. The van der Waals surface area contributed by atoms with Crippen LogP contribution in [-0.4, -0.2) is 59.8 Å². The van der Waals surface area contributed by atoms with E-state index in [2.05, 4.69) is 37.8 Å². The number of hydrogen-bond acceptors (Lipinski definition) is 7. The van der Waals surface area contributed by atoms with Crippen molar-refractivity contribution in [3.05, 3.63) is 35.7 Å². The molecular formula is C19H26ClN5O3. The molecular weight excluding hydrogens is 382 g/mol. The molecule has 1 amide bonds. The van der Waals surface area contributed by atoms with Crippen molar-refractivity contribution in [2.24, 2.45) is 0 Å². The van der Waals surface area contributed by atoms with Gasteiger partial charge in [0.2, 0.25) is 17.6 Å². The van der Waals surface area contributed by atoms with Gasteiger partial charge in [-0.25, -0.2) is 0 Å². The van der Waals surface area contributed by atoms with Crippen molar-refractivity contribution < 1.29 is 14.1 Å². The van der Waals surface area contributed by atoms with Gasteiger partial charge in [-0.2, -0.15) is 4.98 Å².